The van der Waals surface area contributed by atoms with E-state index in [1.54, 1.807) is 0 Å². The van der Waals surface area contributed by atoms with Crippen molar-refractivity contribution >= 4 is 44.4 Å². The van der Waals surface area contributed by atoms with Crippen LogP contribution in [0.2, 0.25) is 0 Å². The average molecular weight is 422 g/mol. The van der Waals surface area contributed by atoms with Gasteiger partial charge in [-0.2, -0.15) is 0 Å². The van der Waals surface area contributed by atoms with E-state index in [0.29, 0.717) is 0 Å². The Balaban J connectivity index is 2.02. The molecule has 0 N–H and O–H groups in total. The van der Waals surface area contributed by atoms with Gasteiger partial charge in [0.25, 0.3) is 0 Å². The van der Waals surface area contributed by atoms with Crippen LogP contribution in [-0.4, -0.2) is 13.7 Å². The zero-order valence-electron chi connectivity index (χ0n) is 11.9. The van der Waals surface area contributed by atoms with Crippen LogP contribution in [0.25, 0.3) is 21.9 Å². The summed E-state index contributed by atoms with van der Waals surface area (Å²) in [4.78, 5) is 4.38. The lowest BCUT2D eigenvalue weighted by Gasteiger charge is -2.09. The fourth-order valence-electron chi connectivity index (χ4n) is 2.39. The molecule has 0 amide bonds. The highest BCUT2D eigenvalue weighted by Crippen LogP contribution is 2.28. The summed E-state index contributed by atoms with van der Waals surface area (Å²) < 4.78 is 22.6. The van der Waals surface area contributed by atoms with Crippen LogP contribution < -0.4 is 0 Å². The predicted molar refractivity (Wildman–Crippen MR) is 97.3 cm³/mol. The molecule has 3 rings (SSSR count). The van der Waals surface area contributed by atoms with Crippen molar-refractivity contribution in [2.24, 2.45) is 0 Å². The first kappa shape index (κ1) is 15.6. The number of benzene rings is 2. The predicted octanol–water partition coefficient (Wildman–Crippen LogP) is 4.19. The van der Waals surface area contributed by atoms with Gasteiger partial charge >= 0.3 is 0 Å². The van der Waals surface area contributed by atoms with Crippen molar-refractivity contribution in [2.45, 2.75) is 12.7 Å². The summed E-state index contributed by atoms with van der Waals surface area (Å²) in [6.45, 7) is 2.01. The second-order valence-corrected chi connectivity index (χ2v) is 7.08. The second kappa shape index (κ2) is 6.44. The van der Waals surface area contributed by atoms with E-state index in [2.05, 4.69) is 45.8 Å². The summed E-state index contributed by atoms with van der Waals surface area (Å²) in [5.41, 5.74) is 4.02. The molecule has 1 unspecified atom stereocenters. The Morgan fingerprint density at radius 2 is 1.82 bits per heavy atom. The summed E-state index contributed by atoms with van der Waals surface area (Å²) in [7, 11) is 0. The van der Waals surface area contributed by atoms with Crippen LogP contribution in [0.1, 0.15) is 11.3 Å². The number of pyridine rings is 1. The molecule has 0 bridgehead atoms. The zero-order valence-corrected chi connectivity index (χ0v) is 14.8. The van der Waals surface area contributed by atoms with Gasteiger partial charge in [0, 0.05) is 20.9 Å². The third kappa shape index (κ3) is 3.21. The minimum atomic E-state index is -2.05. The lowest BCUT2D eigenvalue weighted by atomic mass is 10.0. The lowest BCUT2D eigenvalue weighted by Crippen LogP contribution is -1.93. The number of rotatable bonds is 3. The zero-order chi connectivity index (χ0) is 15.7. The van der Waals surface area contributed by atoms with Crippen LogP contribution >= 0.6 is 22.6 Å². The number of fused-ring (bicyclic) bond motifs is 1. The van der Waals surface area contributed by atoms with E-state index in [1.807, 2.05) is 37.4 Å². The van der Waals surface area contributed by atoms with E-state index in [9.17, 15) is 8.76 Å². The highest BCUT2D eigenvalue weighted by molar-refractivity contribution is 14.1. The number of aryl methyl sites for hydroxylation is 1. The fraction of sp³-hybridized carbons (Fsp3) is 0.118. The Hall–Kier alpha value is -1.31. The molecule has 0 fully saturated rings. The van der Waals surface area contributed by atoms with Gasteiger partial charge in [0.05, 0.1) is 5.69 Å². The molecule has 2 aromatic carbocycles. The Labute approximate surface area is 145 Å². The summed E-state index contributed by atoms with van der Waals surface area (Å²) in [6, 6.07) is 13.9. The monoisotopic (exact) mass is 422 g/mol. The van der Waals surface area contributed by atoms with Crippen molar-refractivity contribution in [3.63, 3.8) is 0 Å². The number of halogens is 1. The molecule has 3 nitrogen and oxygen atoms in total. The van der Waals surface area contributed by atoms with Gasteiger partial charge < -0.3 is 4.55 Å². The summed E-state index contributed by atoms with van der Waals surface area (Å²) in [5.74, 6) is 0.0563. The number of nitrogens with zero attached hydrogens (tertiary/aromatic N) is 1. The Bertz CT molecular complexity index is 862. The standard InChI is InChI=1S/C17H14INO2S/c1-11-17(18)16-8-14(6-7-15(16)9-19-11)13-4-2-12(3-5-13)10-22(20)21/h2-9H,10H2,1H3,(H,20,21)/p-1. The van der Waals surface area contributed by atoms with Crippen LogP contribution in [0.5, 0.6) is 0 Å². The second-order valence-electron chi connectivity index (χ2n) is 5.10. The molecule has 0 aliphatic heterocycles. The first-order valence-corrected chi connectivity index (χ1v) is 9.07. The molecule has 0 radical (unpaired) electrons. The first-order valence-electron chi connectivity index (χ1n) is 6.74. The van der Waals surface area contributed by atoms with Crippen molar-refractivity contribution in [2.75, 3.05) is 0 Å². The van der Waals surface area contributed by atoms with Crippen LogP contribution in [0, 0.1) is 10.5 Å². The van der Waals surface area contributed by atoms with Crippen LogP contribution in [-0.2, 0) is 16.8 Å². The summed E-state index contributed by atoms with van der Waals surface area (Å²) in [5, 5.41) is 2.31. The van der Waals surface area contributed by atoms with Gasteiger partial charge in [-0.1, -0.05) is 47.5 Å². The molecule has 0 saturated carbocycles. The molecular weight excluding hydrogens is 409 g/mol. The van der Waals surface area contributed by atoms with Crippen molar-refractivity contribution in [1.29, 1.82) is 0 Å². The minimum absolute atomic E-state index is 0.0563. The van der Waals surface area contributed by atoms with E-state index in [1.165, 1.54) is 5.39 Å². The smallest absolute Gasteiger partial charge is 0.0512 e. The van der Waals surface area contributed by atoms with Gasteiger partial charge in [0.15, 0.2) is 0 Å². The normalized spacial score (nSPS) is 12.5. The van der Waals surface area contributed by atoms with Gasteiger partial charge in [-0.15, -0.1) is 0 Å². The molecule has 22 heavy (non-hydrogen) atoms. The van der Waals surface area contributed by atoms with Gasteiger partial charge in [0.2, 0.25) is 0 Å². The number of hydrogen-bond acceptors (Lipinski definition) is 3. The fourth-order valence-corrected chi connectivity index (χ4v) is 3.46. The van der Waals surface area contributed by atoms with E-state index < -0.39 is 11.1 Å². The van der Waals surface area contributed by atoms with E-state index in [4.69, 9.17) is 0 Å². The molecule has 0 aliphatic rings. The van der Waals surface area contributed by atoms with E-state index in [-0.39, 0.29) is 5.75 Å². The molecule has 0 saturated heterocycles. The van der Waals surface area contributed by atoms with Crippen molar-refractivity contribution in [1.82, 2.24) is 4.98 Å². The third-order valence-electron chi connectivity index (χ3n) is 3.58. The average Bonchev–Trinajstić information content (AvgIpc) is 2.51. The summed E-state index contributed by atoms with van der Waals surface area (Å²) in [6.07, 6.45) is 1.89. The molecule has 1 atom stereocenters. The molecule has 0 spiro atoms. The maximum absolute atomic E-state index is 10.7. The lowest BCUT2D eigenvalue weighted by molar-refractivity contribution is 0.536. The molecule has 3 aromatic rings. The Morgan fingerprint density at radius 1 is 1.14 bits per heavy atom. The highest BCUT2D eigenvalue weighted by atomic mass is 127. The largest absolute Gasteiger partial charge is 0.772 e. The van der Waals surface area contributed by atoms with Gasteiger partial charge in [0.1, 0.15) is 0 Å². The molecule has 112 valence electrons. The molecule has 0 aliphatic carbocycles. The molecule has 5 heteroatoms. The number of aromatic nitrogens is 1. The maximum Gasteiger partial charge on any atom is 0.0512 e. The van der Waals surface area contributed by atoms with Crippen LogP contribution in [0.4, 0.5) is 0 Å². The van der Waals surface area contributed by atoms with Crippen molar-refractivity contribution in [3.8, 4) is 11.1 Å². The van der Waals surface area contributed by atoms with Gasteiger partial charge in [-0.25, -0.2) is 0 Å². The van der Waals surface area contributed by atoms with Gasteiger partial charge in [-0.05, 0) is 57.7 Å². The topological polar surface area (TPSA) is 53.0 Å². The Morgan fingerprint density at radius 3 is 2.50 bits per heavy atom. The molecule has 1 aromatic heterocycles. The van der Waals surface area contributed by atoms with Crippen molar-refractivity contribution < 1.29 is 8.76 Å². The minimum Gasteiger partial charge on any atom is -0.772 e. The van der Waals surface area contributed by atoms with Crippen LogP contribution in [0.3, 0.4) is 0 Å². The van der Waals surface area contributed by atoms with Crippen molar-refractivity contribution in [3.05, 3.63) is 63.5 Å². The first-order chi connectivity index (χ1) is 10.5. The molecular formula is C17H13INO2S-. The van der Waals surface area contributed by atoms with E-state index >= 15 is 0 Å². The maximum atomic E-state index is 10.7. The third-order valence-corrected chi connectivity index (χ3v) is 5.51. The Kier molecular flexibility index (Phi) is 4.56. The van der Waals surface area contributed by atoms with Gasteiger partial charge in [-0.3, -0.25) is 9.19 Å². The quantitative estimate of drug-likeness (QED) is 0.470. The summed E-state index contributed by atoms with van der Waals surface area (Å²) >= 11 is 0.276. The SMILES string of the molecule is Cc1ncc2ccc(-c3ccc(CS(=O)[O-])cc3)cc2c1I. The number of hydrogen-bond donors (Lipinski definition) is 0. The van der Waals surface area contributed by atoms with Crippen LogP contribution in [0.15, 0.2) is 48.7 Å². The highest BCUT2D eigenvalue weighted by Gasteiger charge is 2.06. The van der Waals surface area contributed by atoms with E-state index in [0.717, 1.165) is 31.3 Å². The molecule has 1 heterocycles.